The number of hydrogen-bond donors (Lipinski definition) is 0. The molecule has 0 saturated carbocycles. The van der Waals surface area contributed by atoms with Crippen LogP contribution in [-0.2, 0) is 20.5 Å². The van der Waals surface area contributed by atoms with Gasteiger partial charge in [0.2, 0.25) is 0 Å². The summed E-state index contributed by atoms with van der Waals surface area (Å²) in [5.74, 6) is 0. The van der Waals surface area contributed by atoms with E-state index in [1.54, 1.807) is 0 Å². The fourth-order valence-electron chi connectivity index (χ4n) is 2.81. The van der Waals surface area contributed by atoms with Gasteiger partial charge in [-0.3, -0.25) is 4.79 Å². The fraction of sp³-hybridized carbons (Fsp3) is 0.353. The topological polar surface area (TPSA) is 26.9 Å². The lowest BCUT2D eigenvalue weighted by Gasteiger charge is -2.02. The third-order valence-electron chi connectivity index (χ3n) is 4.22. The Morgan fingerprint density at radius 1 is 1.05 bits per heavy atom. The molecule has 0 N–H and O–H groups in total. The summed E-state index contributed by atoms with van der Waals surface area (Å²) < 4.78 is 4.13. The van der Waals surface area contributed by atoms with Crippen LogP contribution in [-0.4, -0.2) is 15.4 Å². The maximum absolute atomic E-state index is 10.9. The Hall–Kier alpha value is -2.03. The number of aromatic nitrogens is 2. The molecule has 0 bridgehead atoms. The second kappa shape index (κ2) is 5.53. The van der Waals surface area contributed by atoms with Gasteiger partial charge in [0, 0.05) is 31.2 Å². The molecule has 0 spiro atoms. The van der Waals surface area contributed by atoms with E-state index in [4.69, 9.17) is 0 Å². The van der Waals surface area contributed by atoms with Crippen molar-refractivity contribution in [2.24, 2.45) is 14.1 Å². The molecule has 2 aromatic rings. The Morgan fingerprint density at radius 3 is 2.20 bits per heavy atom. The number of carbonyl (C=O) groups excluding carboxylic acids is 1. The molecule has 0 aliphatic rings. The standard InChI is InChI=1S/C17H22N2O/c1-6-16-12(2)17(18(4)13(16)3)10-9-14-7-8-15(11-20)19(14)5/h7-11H,6H2,1-5H3. The van der Waals surface area contributed by atoms with Gasteiger partial charge in [-0.2, -0.15) is 0 Å². The molecule has 0 unspecified atom stereocenters. The molecule has 0 aromatic carbocycles. The van der Waals surface area contributed by atoms with Gasteiger partial charge in [0.05, 0.1) is 5.69 Å². The zero-order valence-electron chi connectivity index (χ0n) is 12.9. The van der Waals surface area contributed by atoms with Crippen LogP contribution in [0.5, 0.6) is 0 Å². The zero-order valence-corrected chi connectivity index (χ0v) is 12.9. The maximum atomic E-state index is 10.9. The van der Waals surface area contributed by atoms with E-state index in [-0.39, 0.29) is 0 Å². The number of carbonyl (C=O) groups is 1. The quantitative estimate of drug-likeness (QED) is 0.781. The van der Waals surface area contributed by atoms with Crippen molar-refractivity contribution in [1.29, 1.82) is 0 Å². The number of nitrogens with zero attached hydrogens (tertiary/aromatic N) is 2. The summed E-state index contributed by atoms with van der Waals surface area (Å²) >= 11 is 0. The van der Waals surface area contributed by atoms with E-state index in [0.29, 0.717) is 5.69 Å². The van der Waals surface area contributed by atoms with Crippen LogP contribution in [0.2, 0.25) is 0 Å². The molecule has 0 atom stereocenters. The first kappa shape index (κ1) is 14.4. The minimum atomic E-state index is 0.693. The van der Waals surface area contributed by atoms with E-state index in [1.807, 2.05) is 23.7 Å². The highest BCUT2D eigenvalue weighted by Gasteiger charge is 2.11. The van der Waals surface area contributed by atoms with Crippen LogP contribution in [0, 0.1) is 13.8 Å². The number of aldehydes is 1. The van der Waals surface area contributed by atoms with E-state index in [9.17, 15) is 4.79 Å². The average molecular weight is 270 g/mol. The normalized spacial score (nSPS) is 11.4. The van der Waals surface area contributed by atoms with Crippen molar-refractivity contribution in [3.8, 4) is 0 Å². The van der Waals surface area contributed by atoms with Crippen molar-refractivity contribution < 1.29 is 4.79 Å². The van der Waals surface area contributed by atoms with Gasteiger partial charge in [-0.1, -0.05) is 6.92 Å². The number of hydrogen-bond acceptors (Lipinski definition) is 1. The molecule has 0 saturated heterocycles. The summed E-state index contributed by atoms with van der Waals surface area (Å²) in [6.07, 6.45) is 6.13. The molecule has 2 heterocycles. The van der Waals surface area contributed by atoms with E-state index in [1.165, 1.54) is 22.5 Å². The van der Waals surface area contributed by atoms with Gasteiger partial charge in [0.25, 0.3) is 0 Å². The Labute approximate surface area is 120 Å². The van der Waals surface area contributed by atoms with E-state index in [0.717, 1.165) is 18.4 Å². The maximum Gasteiger partial charge on any atom is 0.166 e. The van der Waals surface area contributed by atoms with Gasteiger partial charge in [0.1, 0.15) is 0 Å². The zero-order chi connectivity index (χ0) is 14.9. The molecule has 0 fully saturated rings. The first-order chi connectivity index (χ1) is 9.51. The summed E-state index contributed by atoms with van der Waals surface area (Å²) in [6.45, 7) is 6.53. The summed E-state index contributed by atoms with van der Waals surface area (Å²) in [5.41, 5.74) is 7.04. The van der Waals surface area contributed by atoms with Gasteiger partial charge >= 0.3 is 0 Å². The molecule has 3 heteroatoms. The van der Waals surface area contributed by atoms with Crippen molar-refractivity contribution in [1.82, 2.24) is 9.13 Å². The lowest BCUT2D eigenvalue weighted by atomic mass is 10.1. The van der Waals surface area contributed by atoms with Crippen LogP contribution in [0.4, 0.5) is 0 Å². The lowest BCUT2D eigenvalue weighted by molar-refractivity contribution is 0.111. The highest BCUT2D eigenvalue weighted by molar-refractivity contribution is 5.76. The molecule has 0 amide bonds. The van der Waals surface area contributed by atoms with Crippen LogP contribution in [0.3, 0.4) is 0 Å². The summed E-state index contributed by atoms with van der Waals surface area (Å²) in [7, 11) is 4.01. The van der Waals surface area contributed by atoms with E-state index < -0.39 is 0 Å². The molecular formula is C17H22N2O. The molecule has 20 heavy (non-hydrogen) atoms. The third kappa shape index (κ3) is 2.24. The smallest absolute Gasteiger partial charge is 0.166 e. The van der Waals surface area contributed by atoms with Gasteiger partial charge in [-0.05, 0) is 55.7 Å². The molecule has 3 nitrogen and oxygen atoms in total. The molecular weight excluding hydrogens is 248 g/mol. The van der Waals surface area contributed by atoms with Gasteiger partial charge in [0.15, 0.2) is 6.29 Å². The number of rotatable bonds is 4. The molecule has 2 aromatic heterocycles. The van der Waals surface area contributed by atoms with Gasteiger partial charge in [-0.25, -0.2) is 0 Å². The third-order valence-corrected chi connectivity index (χ3v) is 4.22. The minimum absolute atomic E-state index is 0.693. The highest BCUT2D eigenvalue weighted by atomic mass is 16.1. The van der Waals surface area contributed by atoms with Crippen LogP contribution in [0.25, 0.3) is 12.2 Å². The predicted molar refractivity (Wildman–Crippen MR) is 84.0 cm³/mol. The van der Waals surface area contributed by atoms with E-state index in [2.05, 4.69) is 44.5 Å². The highest BCUT2D eigenvalue weighted by Crippen LogP contribution is 2.23. The molecule has 106 valence electrons. The van der Waals surface area contributed by atoms with Crippen molar-refractivity contribution >= 4 is 18.4 Å². The summed E-state index contributed by atoms with van der Waals surface area (Å²) in [6, 6.07) is 3.80. The Balaban J connectivity index is 2.41. The summed E-state index contributed by atoms with van der Waals surface area (Å²) in [5, 5.41) is 0. The summed E-state index contributed by atoms with van der Waals surface area (Å²) in [4.78, 5) is 10.9. The first-order valence-corrected chi connectivity index (χ1v) is 6.95. The van der Waals surface area contributed by atoms with Crippen LogP contribution >= 0.6 is 0 Å². The molecule has 2 rings (SSSR count). The van der Waals surface area contributed by atoms with Crippen molar-refractivity contribution in [3.05, 3.63) is 46.0 Å². The molecule has 0 aliphatic carbocycles. The SMILES string of the molecule is CCc1c(C)c(C=Cc2ccc(C=O)n2C)n(C)c1C. The molecule has 0 aliphatic heterocycles. The minimum Gasteiger partial charge on any atom is -0.348 e. The second-order valence-corrected chi connectivity index (χ2v) is 5.18. The average Bonchev–Trinajstić information content (AvgIpc) is 2.88. The largest absolute Gasteiger partial charge is 0.348 e. The van der Waals surface area contributed by atoms with Gasteiger partial charge < -0.3 is 9.13 Å². The predicted octanol–water partition coefficient (Wildman–Crippen LogP) is 3.53. The van der Waals surface area contributed by atoms with E-state index >= 15 is 0 Å². The van der Waals surface area contributed by atoms with Gasteiger partial charge in [-0.15, -0.1) is 0 Å². The van der Waals surface area contributed by atoms with Crippen molar-refractivity contribution in [3.63, 3.8) is 0 Å². The molecule has 0 radical (unpaired) electrons. The monoisotopic (exact) mass is 270 g/mol. The van der Waals surface area contributed by atoms with Crippen LogP contribution in [0.15, 0.2) is 12.1 Å². The fourth-order valence-corrected chi connectivity index (χ4v) is 2.81. The van der Waals surface area contributed by atoms with Crippen LogP contribution < -0.4 is 0 Å². The second-order valence-electron chi connectivity index (χ2n) is 5.18. The Morgan fingerprint density at radius 2 is 1.70 bits per heavy atom. The Kier molecular flexibility index (Phi) is 3.98. The Bertz CT molecular complexity index is 672. The lowest BCUT2D eigenvalue weighted by Crippen LogP contribution is -1.97. The van der Waals surface area contributed by atoms with Crippen molar-refractivity contribution in [2.45, 2.75) is 27.2 Å². The first-order valence-electron chi connectivity index (χ1n) is 6.95. The van der Waals surface area contributed by atoms with Crippen LogP contribution in [0.1, 0.15) is 45.6 Å². The van der Waals surface area contributed by atoms with Crippen molar-refractivity contribution in [2.75, 3.05) is 0 Å².